The van der Waals surface area contributed by atoms with Crippen molar-refractivity contribution >= 4 is 32.7 Å². The second-order valence-corrected chi connectivity index (χ2v) is 4.72. The quantitative estimate of drug-likeness (QED) is 0.664. The molecule has 0 aromatic heterocycles. The van der Waals surface area contributed by atoms with E-state index in [0.717, 1.165) is 12.2 Å². The Morgan fingerprint density at radius 1 is 1.21 bits per heavy atom. The standard InChI is InChI=1S/C11H12AsNO/c12-9-1-3-10(4-2-9)13-7-5-11(14)6-8-13/h1-5,7H,6,8,12H2. The third kappa shape index (κ3) is 2.07. The van der Waals surface area contributed by atoms with Gasteiger partial charge in [0.25, 0.3) is 0 Å². The zero-order valence-corrected chi connectivity index (χ0v) is 10.2. The summed E-state index contributed by atoms with van der Waals surface area (Å²) in [6.07, 6.45) is 4.13. The van der Waals surface area contributed by atoms with Gasteiger partial charge in [0, 0.05) is 0 Å². The summed E-state index contributed by atoms with van der Waals surface area (Å²) in [6.45, 7) is 0.795. The Bertz CT molecular complexity index is 369. The number of hydrogen-bond donors (Lipinski definition) is 0. The zero-order chi connectivity index (χ0) is 9.97. The number of nitrogens with zero attached hydrogens (tertiary/aromatic N) is 1. The summed E-state index contributed by atoms with van der Waals surface area (Å²) >= 11 is 1.63. The van der Waals surface area contributed by atoms with Gasteiger partial charge in [0.2, 0.25) is 0 Å². The van der Waals surface area contributed by atoms with Crippen molar-refractivity contribution in [2.24, 2.45) is 0 Å². The van der Waals surface area contributed by atoms with Crippen LogP contribution in [0, 0.1) is 0 Å². The first-order valence-corrected chi connectivity index (χ1v) is 5.80. The normalized spacial score (nSPS) is 16.1. The SMILES string of the molecule is O=C1C=CN(c2ccc([AsH2])cc2)CC1. The zero-order valence-electron chi connectivity index (χ0n) is 7.81. The van der Waals surface area contributed by atoms with Crippen LogP contribution in [-0.2, 0) is 4.79 Å². The van der Waals surface area contributed by atoms with Gasteiger partial charge in [-0.25, -0.2) is 0 Å². The van der Waals surface area contributed by atoms with E-state index in [0.29, 0.717) is 6.42 Å². The Morgan fingerprint density at radius 3 is 2.50 bits per heavy atom. The van der Waals surface area contributed by atoms with Crippen LogP contribution in [-0.4, -0.2) is 29.2 Å². The van der Waals surface area contributed by atoms with Crippen molar-refractivity contribution in [3.63, 3.8) is 0 Å². The predicted molar refractivity (Wildman–Crippen MR) is 60.7 cm³/mol. The van der Waals surface area contributed by atoms with Gasteiger partial charge in [-0.2, -0.15) is 0 Å². The van der Waals surface area contributed by atoms with Crippen molar-refractivity contribution in [1.82, 2.24) is 0 Å². The molecular formula is C11H12AsNO. The Labute approximate surface area is 92.1 Å². The Balaban J connectivity index is 2.20. The fourth-order valence-corrected chi connectivity index (χ4v) is 1.85. The molecule has 0 saturated carbocycles. The van der Waals surface area contributed by atoms with Gasteiger partial charge in [-0.15, -0.1) is 0 Å². The van der Waals surface area contributed by atoms with Crippen LogP contribution in [0.4, 0.5) is 5.69 Å². The molecule has 2 rings (SSSR count). The molecule has 1 aliphatic rings. The Morgan fingerprint density at radius 2 is 1.93 bits per heavy atom. The van der Waals surface area contributed by atoms with Gasteiger partial charge in [0.15, 0.2) is 0 Å². The summed E-state index contributed by atoms with van der Waals surface area (Å²) in [7, 11) is 0. The average molecular weight is 249 g/mol. The van der Waals surface area contributed by atoms with Gasteiger partial charge in [-0.3, -0.25) is 0 Å². The molecule has 0 N–H and O–H groups in total. The van der Waals surface area contributed by atoms with E-state index in [4.69, 9.17) is 0 Å². The number of rotatable bonds is 1. The molecule has 0 aliphatic carbocycles. The molecule has 1 atom stereocenters. The molecule has 0 amide bonds. The Hall–Kier alpha value is -1.01. The van der Waals surface area contributed by atoms with Crippen LogP contribution >= 0.6 is 0 Å². The van der Waals surface area contributed by atoms with Crippen molar-refractivity contribution in [3.8, 4) is 0 Å². The molecule has 1 unspecified atom stereocenters. The molecule has 0 radical (unpaired) electrons. The van der Waals surface area contributed by atoms with E-state index in [1.165, 1.54) is 4.35 Å². The minimum atomic E-state index is 0.219. The maximum atomic E-state index is 11.0. The number of allylic oxidation sites excluding steroid dienone is 1. The summed E-state index contributed by atoms with van der Waals surface area (Å²) in [5.74, 6) is 0.219. The van der Waals surface area contributed by atoms with E-state index in [1.807, 2.05) is 6.20 Å². The van der Waals surface area contributed by atoms with Crippen molar-refractivity contribution in [2.45, 2.75) is 6.42 Å². The Kier molecular flexibility index (Phi) is 2.74. The molecule has 1 aliphatic heterocycles. The summed E-state index contributed by atoms with van der Waals surface area (Å²) in [4.78, 5) is 13.1. The monoisotopic (exact) mass is 249 g/mol. The molecule has 0 fully saturated rings. The van der Waals surface area contributed by atoms with E-state index < -0.39 is 0 Å². The number of anilines is 1. The van der Waals surface area contributed by atoms with Crippen LogP contribution in [0.15, 0.2) is 36.5 Å². The number of carbonyl (C=O) groups excluding carboxylic acids is 1. The molecule has 0 spiro atoms. The van der Waals surface area contributed by atoms with Gasteiger partial charge in [0.1, 0.15) is 0 Å². The van der Waals surface area contributed by atoms with Gasteiger partial charge in [0.05, 0.1) is 0 Å². The molecule has 1 aromatic rings. The number of ketones is 1. The fourth-order valence-electron chi connectivity index (χ4n) is 1.44. The van der Waals surface area contributed by atoms with Gasteiger partial charge in [-0.05, 0) is 0 Å². The first kappa shape index (κ1) is 9.54. The van der Waals surface area contributed by atoms with Crippen molar-refractivity contribution in [1.29, 1.82) is 0 Å². The molecule has 1 heterocycles. The van der Waals surface area contributed by atoms with Crippen molar-refractivity contribution in [3.05, 3.63) is 36.5 Å². The summed E-state index contributed by atoms with van der Waals surface area (Å²) < 4.78 is 1.32. The second-order valence-electron chi connectivity index (χ2n) is 3.32. The second kappa shape index (κ2) is 4.01. The maximum absolute atomic E-state index is 11.0. The average Bonchev–Trinajstić information content (AvgIpc) is 2.21. The van der Waals surface area contributed by atoms with E-state index in [2.05, 4.69) is 29.2 Å². The molecule has 3 heteroatoms. The summed E-state index contributed by atoms with van der Waals surface area (Å²) in [6, 6.07) is 8.41. The minimum absolute atomic E-state index is 0.219. The number of carbonyl (C=O) groups is 1. The topological polar surface area (TPSA) is 20.3 Å². The molecular weight excluding hydrogens is 237 g/mol. The molecule has 1 aromatic carbocycles. The first-order valence-electron chi connectivity index (χ1n) is 4.59. The molecule has 2 nitrogen and oxygen atoms in total. The van der Waals surface area contributed by atoms with Gasteiger partial charge < -0.3 is 0 Å². The van der Waals surface area contributed by atoms with E-state index in [9.17, 15) is 4.79 Å². The van der Waals surface area contributed by atoms with Crippen molar-refractivity contribution in [2.75, 3.05) is 11.4 Å². The van der Waals surface area contributed by atoms with Crippen LogP contribution in [0.25, 0.3) is 0 Å². The summed E-state index contributed by atoms with van der Waals surface area (Å²) in [5, 5.41) is 0. The third-order valence-electron chi connectivity index (χ3n) is 2.26. The van der Waals surface area contributed by atoms with E-state index >= 15 is 0 Å². The van der Waals surface area contributed by atoms with Crippen molar-refractivity contribution < 1.29 is 4.79 Å². The molecule has 14 heavy (non-hydrogen) atoms. The van der Waals surface area contributed by atoms with E-state index in [1.54, 1.807) is 22.9 Å². The van der Waals surface area contributed by atoms with Crippen LogP contribution in [0.3, 0.4) is 0 Å². The van der Waals surface area contributed by atoms with Crippen LogP contribution in [0.1, 0.15) is 6.42 Å². The summed E-state index contributed by atoms with van der Waals surface area (Å²) in [5.41, 5.74) is 1.16. The molecule has 0 bridgehead atoms. The van der Waals surface area contributed by atoms with Crippen LogP contribution in [0.2, 0.25) is 0 Å². The van der Waals surface area contributed by atoms with Crippen LogP contribution < -0.4 is 9.25 Å². The predicted octanol–water partition coefficient (Wildman–Crippen LogP) is 0.238. The van der Waals surface area contributed by atoms with Gasteiger partial charge >= 0.3 is 91.9 Å². The number of benzene rings is 1. The van der Waals surface area contributed by atoms with Gasteiger partial charge in [-0.1, -0.05) is 0 Å². The number of hydrogen-bond acceptors (Lipinski definition) is 2. The fraction of sp³-hybridized carbons (Fsp3) is 0.182. The first-order chi connectivity index (χ1) is 6.75. The third-order valence-corrected chi connectivity index (χ3v) is 3.07. The van der Waals surface area contributed by atoms with Crippen LogP contribution in [0.5, 0.6) is 0 Å². The van der Waals surface area contributed by atoms with E-state index in [-0.39, 0.29) is 5.78 Å². The molecule has 0 saturated heterocycles. The molecule has 72 valence electrons.